The molecule has 0 unspecified atom stereocenters. The van der Waals surface area contributed by atoms with Crippen molar-refractivity contribution in [1.29, 1.82) is 0 Å². The Balaban J connectivity index is 2.03. The van der Waals surface area contributed by atoms with E-state index in [9.17, 15) is 9.18 Å². The van der Waals surface area contributed by atoms with Gasteiger partial charge in [0.15, 0.2) is 0 Å². The van der Waals surface area contributed by atoms with Crippen molar-refractivity contribution in [1.82, 2.24) is 4.90 Å². The number of nitrogens with one attached hydrogen (secondary N) is 1. The van der Waals surface area contributed by atoms with Crippen LogP contribution in [-0.2, 0) is 0 Å². The second-order valence-electron chi connectivity index (χ2n) is 4.45. The third-order valence-electron chi connectivity index (χ3n) is 3.22. The topological polar surface area (TPSA) is 32.3 Å². The Morgan fingerprint density at radius 1 is 1.50 bits per heavy atom. The molecule has 2 amide bonds. The molecular weight excluding hydrogens is 251 g/mol. The lowest BCUT2D eigenvalue weighted by molar-refractivity contribution is 0.194. The summed E-state index contributed by atoms with van der Waals surface area (Å²) in [6, 6.07) is 6.00. The van der Waals surface area contributed by atoms with Crippen LogP contribution in [0.3, 0.4) is 0 Å². The Labute approximate surface area is 111 Å². The monoisotopic (exact) mass is 268 g/mol. The highest BCUT2D eigenvalue weighted by atomic mass is 32.2. The van der Waals surface area contributed by atoms with Crippen molar-refractivity contribution < 1.29 is 9.18 Å². The van der Waals surface area contributed by atoms with Crippen LogP contribution < -0.4 is 5.32 Å². The predicted molar refractivity (Wildman–Crippen MR) is 73.5 cm³/mol. The van der Waals surface area contributed by atoms with Gasteiger partial charge in [-0.2, -0.15) is 11.8 Å². The van der Waals surface area contributed by atoms with Crippen LogP contribution in [0.4, 0.5) is 14.9 Å². The SMILES string of the molecule is C[C@@H]1[C@@H](C)SCCN1C(=O)Nc1cccc(F)c1. The number of nitrogens with zero attached hydrogens (tertiary/aromatic N) is 1. The first-order valence-corrected chi connectivity index (χ1v) is 7.07. The van der Waals surface area contributed by atoms with Gasteiger partial charge in [0.25, 0.3) is 0 Å². The molecule has 0 spiro atoms. The highest BCUT2D eigenvalue weighted by molar-refractivity contribution is 8.00. The maximum absolute atomic E-state index is 13.0. The molecule has 1 aliphatic heterocycles. The highest BCUT2D eigenvalue weighted by Crippen LogP contribution is 2.24. The zero-order valence-electron chi connectivity index (χ0n) is 10.5. The fourth-order valence-corrected chi connectivity index (χ4v) is 3.08. The quantitative estimate of drug-likeness (QED) is 0.848. The lowest BCUT2D eigenvalue weighted by Gasteiger charge is -2.37. The van der Waals surface area contributed by atoms with Gasteiger partial charge in [0.2, 0.25) is 0 Å². The summed E-state index contributed by atoms with van der Waals surface area (Å²) in [6.45, 7) is 4.90. The van der Waals surface area contributed by atoms with E-state index in [-0.39, 0.29) is 17.9 Å². The average Bonchev–Trinajstić information content (AvgIpc) is 2.32. The minimum atomic E-state index is -0.344. The molecule has 1 N–H and O–H groups in total. The molecule has 0 bridgehead atoms. The number of hydrogen-bond donors (Lipinski definition) is 1. The number of carbonyl (C=O) groups excluding carboxylic acids is 1. The van der Waals surface area contributed by atoms with Crippen molar-refractivity contribution in [3.8, 4) is 0 Å². The van der Waals surface area contributed by atoms with Gasteiger partial charge in [-0.15, -0.1) is 0 Å². The van der Waals surface area contributed by atoms with E-state index in [0.717, 1.165) is 12.3 Å². The average molecular weight is 268 g/mol. The molecule has 3 nitrogen and oxygen atoms in total. The third-order valence-corrected chi connectivity index (χ3v) is 4.56. The molecule has 18 heavy (non-hydrogen) atoms. The molecule has 1 heterocycles. The third kappa shape index (κ3) is 2.96. The molecule has 0 saturated carbocycles. The molecule has 1 aliphatic rings. The number of rotatable bonds is 1. The second-order valence-corrected chi connectivity index (χ2v) is 5.94. The lowest BCUT2D eigenvalue weighted by Crippen LogP contribution is -2.49. The van der Waals surface area contributed by atoms with Gasteiger partial charge < -0.3 is 10.2 Å². The van der Waals surface area contributed by atoms with E-state index in [4.69, 9.17) is 0 Å². The van der Waals surface area contributed by atoms with Crippen LogP contribution >= 0.6 is 11.8 Å². The first-order chi connectivity index (χ1) is 8.58. The summed E-state index contributed by atoms with van der Waals surface area (Å²) in [6.07, 6.45) is 0. The maximum Gasteiger partial charge on any atom is 0.322 e. The van der Waals surface area contributed by atoms with Crippen LogP contribution in [0.5, 0.6) is 0 Å². The van der Waals surface area contributed by atoms with Crippen LogP contribution in [0.25, 0.3) is 0 Å². The molecule has 98 valence electrons. The van der Waals surface area contributed by atoms with E-state index in [1.165, 1.54) is 12.1 Å². The maximum atomic E-state index is 13.0. The summed E-state index contributed by atoms with van der Waals surface area (Å²) in [4.78, 5) is 13.9. The van der Waals surface area contributed by atoms with Gasteiger partial charge in [-0.3, -0.25) is 0 Å². The van der Waals surface area contributed by atoms with E-state index < -0.39 is 0 Å². The number of carbonyl (C=O) groups is 1. The number of amides is 2. The van der Waals surface area contributed by atoms with E-state index in [1.54, 1.807) is 12.1 Å². The van der Waals surface area contributed by atoms with Crippen molar-refractivity contribution in [2.75, 3.05) is 17.6 Å². The zero-order chi connectivity index (χ0) is 13.1. The molecule has 1 aromatic rings. The van der Waals surface area contributed by atoms with Gasteiger partial charge in [-0.05, 0) is 25.1 Å². The fraction of sp³-hybridized carbons (Fsp3) is 0.462. The first kappa shape index (κ1) is 13.2. The largest absolute Gasteiger partial charge is 0.322 e. The van der Waals surface area contributed by atoms with Gasteiger partial charge in [0, 0.05) is 29.3 Å². The number of thioether (sulfide) groups is 1. The standard InChI is InChI=1S/C13H17FN2OS/c1-9-10(2)18-7-6-16(9)13(17)15-12-5-3-4-11(14)8-12/h3-5,8-10H,6-7H2,1-2H3,(H,15,17)/t9-,10-/m1/s1. The Morgan fingerprint density at radius 3 is 3.00 bits per heavy atom. The molecule has 1 aromatic carbocycles. The smallest absolute Gasteiger partial charge is 0.320 e. The van der Waals surface area contributed by atoms with E-state index in [0.29, 0.717) is 10.9 Å². The molecule has 1 fully saturated rings. The van der Waals surface area contributed by atoms with E-state index in [2.05, 4.69) is 12.2 Å². The Kier molecular flexibility index (Phi) is 4.11. The van der Waals surface area contributed by atoms with Gasteiger partial charge >= 0.3 is 6.03 Å². The van der Waals surface area contributed by atoms with Crippen LogP contribution in [-0.4, -0.2) is 34.5 Å². The van der Waals surface area contributed by atoms with Crippen molar-refractivity contribution in [3.63, 3.8) is 0 Å². The Hall–Kier alpha value is -1.23. The van der Waals surface area contributed by atoms with Crippen molar-refractivity contribution >= 4 is 23.5 Å². The van der Waals surface area contributed by atoms with Gasteiger partial charge in [0.05, 0.1) is 0 Å². The molecule has 5 heteroatoms. The van der Waals surface area contributed by atoms with Crippen LogP contribution in [0.2, 0.25) is 0 Å². The number of benzene rings is 1. The summed E-state index contributed by atoms with van der Waals surface area (Å²) in [5, 5.41) is 3.17. The highest BCUT2D eigenvalue weighted by Gasteiger charge is 2.28. The van der Waals surface area contributed by atoms with Crippen LogP contribution in [0.15, 0.2) is 24.3 Å². The van der Waals surface area contributed by atoms with Crippen molar-refractivity contribution in [2.24, 2.45) is 0 Å². The summed E-state index contributed by atoms with van der Waals surface area (Å²) in [7, 11) is 0. The van der Waals surface area contributed by atoms with E-state index >= 15 is 0 Å². The number of urea groups is 1. The molecule has 1 saturated heterocycles. The molecule has 0 aromatic heterocycles. The van der Waals surface area contributed by atoms with Crippen molar-refractivity contribution in [2.45, 2.75) is 25.1 Å². The second kappa shape index (κ2) is 5.61. The number of hydrogen-bond acceptors (Lipinski definition) is 2. The molecule has 2 atom stereocenters. The minimum absolute atomic E-state index is 0.153. The number of halogens is 1. The van der Waals surface area contributed by atoms with Gasteiger partial charge in [-0.25, -0.2) is 9.18 Å². The van der Waals surface area contributed by atoms with Gasteiger partial charge in [0.1, 0.15) is 5.82 Å². The molecule has 0 radical (unpaired) electrons. The predicted octanol–water partition coefficient (Wildman–Crippen LogP) is 3.18. The van der Waals surface area contributed by atoms with Crippen molar-refractivity contribution in [3.05, 3.63) is 30.1 Å². The zero-order valence-corrected chi connectivity index (χ0v) is 11.3. The lowest BCUT2D eigenvalue weighted by atomic mass is 10.2. The Morgan fingerprint density at radius 2 is 2.28 bits per heavy atom. The fourth-order valence-electron chi connectivity index (χ4n) is 1.98. The molecule has 0 aliphatic carbocycles. The van der Waals surface area contributed by atoms with Crippen LogP contribution in [0, 0.1) is 5.82 Å². The molecule has 2 rings (SSSR count). The summed E-state index contributed by atoms with van der Waals surface area (Å²) in [5.74, 6) is 0.602. The first-order valence-electron chi connectivity index (χ1n) is 6.02. The summed E-state index contributed by atoms with van der Waals surface area (Å²) >= 11 is 1.87. The normalized spacial score (nSPS) is 23.8. The summed E-state index contributed by atoms with van der Waals surface area (Å²) in [5.41, 5.74) is 0.498. The molecular formula is C13H17FN2OS. The van der Waals surface area contributed by atoms with Gasteiger partial charge in [-0.1, -0.05) is 13.0 Å². The summed E-state index contributed by atoms with van der Waals surface area (Å²) < 4.78 is 13.0. The minimum Gasteiger partial charge on any atom is -0.320 e. The Bertz CT molecular complexity index is 441. The number of anilines is 1. The van der Waals surface area contributed by atoms with Crippen LogP contribution in [0.1, 0.15) is 13.8 Å². The van der Waals surface area contributed by atoms with E-state index in [1.807, 2.05) is 23.6 Å².